The van der Waals surface area contributed by atoms with Gasteiger partial charge in [-0.15, -0.1) is 10.2 Å². The molecule has 202 valence electrons. The van der Waals surface area contributed by atoms with Gasteiger partial charge >= 0.3 is 0 Å². The van der Waals surface area contributed by atoms with Gasteiger partial charge < -0.3 is 0 Å². The van der Waals surface area contributed by atoms with Gasteiger partial charge in [-0.2, -0.15) is 0 Å². The van der Waals surface area contributed by atoms with Gasteiger partial charge in [0.05, 0.1) is 12.1 Å². The Morgan fingerprint density at radius 3 is 1.12 bits per heavy atom. The SMILES string of the molecule is Cc1ccc(-n2c(P(=S)(c3ccccc3)c3ccccc3)nnc2P(=S)(c2ccccc2)c2ccccc2)cc1C. The van der Waals surface area contributed by atoms with Crippen LogP contribution in [-0.4, -0.2) is 14.8 Å². The van der Waals surface area contributed by atoms with Crippen molar-refractivity contribution in [2.24, 2.45) is 0 Å². The zero-order valence-electron chi connectivity index (χ0n) is 22.8. The summed E-state index contributed by atoms with van der Waals surface area (Å²) in [6.07, 6.45) is 0. The number of benzene rings is 5. The van der Waals surface area contributed by atoms with Gasteiger partial charge in [-0.25, -0.2) is 0 Å². The van der Waals surface area contributed by atoms with E-state index in [0.717, 1.165) is 38.0 Å². The number of hydrogen-bond donors (Lipinski definition) is 0. The van der Waals surface area contributed by atoms with E-state index in [-0.39, 0.29) is 0 Å². The van der Waals surface area contributed by atoms with Crippen LogP contribution in [0.4, 0.5) is 0 Å². The summed E-state index contributed by atoms with van der Waals surface area (Å²) in [7, 11) is 0. The molecule has 0 saturated carbocycles. The fourth-order valence-corrected chi connectivity index (χ4v) is 12.5. The quantitative estimate of drug-likeness (QED) is 0.228. The molecule has 0 atom stereocenters. The van der Waals surface area contributed by atoms with E-state index in [1.54, 1.807) is 0 Å². The molecule has 1 heterocycles. The molecule has 0 N–H and O–H groups in total. The van der Waals surface area contributed by atoms with Crippen molar-refractivity contribution in [3.63, 3.8) is 0 Å². The van der Waals surface area contributed by atoms with E-state index in [2.05, 4.69) is 134 Å². The number of hydrogen-bond acceptors (Lipinski definition) is 4. The molecule has 41 heavy (non-hydrogen) atoms. The second kappa shape index (κ2) is 11.4. The lowest BCUT2D eigenvalue weighted by molar-refractivity contribution is 1.12. The summed E-state index contributed by atoms with van der Waals surface area (Å²) in [5.74, 6) is 0. The van der Waals surface area contributed by atoms with Crippen LogP contribution in [0, 0.1) is 13.8 Å². The summed E-state index contributed by atoms with van der Waals surface area (Å²) in [6.45, 7) is 4.27. The molecule has 0 bridgehead atoms. The Balaban J connectivity index is 1.75. The first-order valence-electron chi connectivity index (χ1n) is 13.4. The molecule has 0 radical (unpaired) electrons. The Hall–Kier alpha value is -3.46. The Morgan fingerprint density at radius 1 is 0.463 bits per heavy atom. The van der Waals surface area contributed by atoms with Gasteiger partial charge in [0, 0.05) is 5.69 Å². The number of rotatable bonds is 7. The average Bonchev–Trinajstić information content (AvgIpc) is 3.50. The van der Waals surface area contributed by atoms with E-state index in [9.17, 15) is 0 Å². The minimum Gasteiger partial charge on any atom is -0.273 e. The van der Waals surface area contributed by atoms with Crippen LogP contribution in [0.15, 0.2) is 140 Å². The Morgan fingerprint density at radius 2 is 0.805 bits per heavy atom. The van der Waals surface area contributed by atoms with E-state index < -0.39 is 12.1 Å². The van der Waals surface area contributed by atoms with Crippen LogP contribution in [0.25, 0.3) is 5.69 Å². The van der Waals surface area contributed by atoms with Gasteiger partial charge in [0.2, 0.25) is 0 Å². The fourth-order valence-electron chi connectivity index (χ4n) is 5.08. The maximum Gasteiger partial charge on any atom is 0.178 e. The lowest BCUT2D eigenvalue weighted by Gasteiger charge is -2.27. The van der Waals surface area contributed by atoms with Crippen LogP contribution in [-0.2, 0) is 23.6 Å². The van der Waals surface area contributed by atoms with Crippen molar-refractivity contribution in [1.29, 1.82) is 0 Å². The van der Waals surface area contributed by atoms with E-state index in [4.69, 9.17) is 33.8 Å². The Labute approximate surface area is 252 Å². The van der Waals surface area contributed by atoms with Crippen molar-refractivity contribution in [2.45, 2.75) is 13.8 Å². The molecule has 3 nitrogen and oxygen atoms in total. The molecule has 0 fully saturated rings. The monoisotopic (exact) mass is 605 g/mol. The molecular weight excluding hydrogens is 576 g/mol. The van der Waals surface area contributed by atoms with Gasteiger partial charge in [0.25, 0.3) is 0 Å². The largest absolute Gasteiger partial charge is 0.273 e. The van der Waals surface area contributed by atoms with Crippen LogP contribution < -0.4 is 32.3 Å². The topological polar surface area (TPSA) is 30.7 Å². The molecule has 0 amide bonds. The van der Waals surface area contributed by atoms with Crippen LogP contribution in [0.1, 0.15) is 11.1 Å². The predicted molar refractivity (Wildman–Crippen MR) is 183 cm³/mol. The van der Waals surface area contributed by atoms with Crippen LogP contribution >= 0.6 is 12.1 Å². The number of aryl methyl sites for hydroxylation is 2. The van der Waals surface area contributed by atoms with E-state index in [1.165, 1.54) is 11.1 Å². The van der Waals surface area contributed by atoms with Crippen molar-refractivity contribution in [1.82, 2.24) is 14.8 Å². The first kappa shape index (κ1) is 27.7. The van der Waals surface area contributed by atoms with Crippen LogP contribution in [0.5, 0.6) is 0 Å². The summed E-state index contributed by atoms with van der Waals surface area (Å²) in [4.78, 5) is 0. The van der Waals surface area contributed by atoms with Crippen molar-refractivity contribution in [2.75, 3.05) is 0 Å². The third-order valence-corrected chi connectivity index (χ3v) is 16.7. The molecule has 0 aliphatic carbocycles. The van der Waals surface area contributed by atoms with Crippen molar-refractivity contribution in [3.8, 4) is 5.69 Å². The maximum absolute atomic E-state index is 6.78. The first-order chi connectivity index (χ1) is 19.9. The average molecular weight is 606 g/mol. The molecule has 6 rings (SSSR count). The Bertz CT molecular complexity index is 1700. The standard InChI is InChI=1S/C34H29N3P2S2/c1-26-23-24-28(25-27(26)2)37-33(38(40,29-15-7-3-8-16-29)30-17-9-4-10-18-30)35-36-34(37)39(41,31-19-11-5-12-20-31)32-21-13-6-14-22-32/h3-25H,1-2H3. The lowest BCUT2D eigenvalue weighted by atomic mass is 10.1. The number of nitrogens with zero attached hydrogens (tertiary/aromatic N) is 3. The molecule has 0 unspecified atom stereocenters. The van der Waals surface area contributed by atoms with E-state index >= 15 is 0 Å². The smallest absolute Gasteiger partial charge is 0.178 e. The Kier molecular flexibility index (Phi) is 7.72. The highest BCUT2D eigenvalue weighted by Gasteiger charge is 2.37. The molecule has 0 spiro atoms. The van der Waals surface area contributed by atoms with Crippen LogP contribution in [0.2, 0.25) is 0 Å². The fraction of sp³-hybridized carbons (Fsp3) is 0.0588. The highest BCUT2D eigenvalue weighted by molar-refractivity contribution is 8.26. The van der Waals surface area contributed by atoms with Gasteiger partial charge in [-0.05, 0) is 58.3 Å². The lowest BCUT2D eigenvalue weighted by Crippen LogP contribution is -2.37. The zero-order valence-corrected chi connectivity index (χ0v) is 26.3. The second-order valence-electron chi connectivity index (χ2n) is 9.96. The van der Waals surface area contributed by atoms with Gasteiger partial charge in [0.15, 0.2) is 11.1 Å². The first-order valence-corrected chi connectivity index (χ1v) is 19.0. The predicted octanol–water partition coefficient (Wildman–Crippen LogP) is 5.40. The van der Waals surface area contributed by atoms with Gasteiger partial charge in [0.1, 0.15) is 0 Å². The normalized spacial score (nSPS) is 11.9. The molecule has 5 aromatic carbocycles. The third kappa shape index (κ3) is 4.88. The van der Waals surface area contributed by atoms with E-state index in [0.29, 0.717) is 0 Å². The molecule has 6 aromatic rings. The second-order valence-corrected chi connectivity index (χ2v) is 18.6. The van der Waals surface area contributed by atoms with Crippen molar-refractivity contribution >= 4 is 68.0 Å². The zero-order chi connectivity index (χ0) is 28.5. The minimum absolute atomic E-state index is 0.768. The van der Waals surface area contributed by atoms with Gasteiger partial charge in [-0.1, -0.05) is 151 Å². The van der Waals surface area contributed by atoms with Crippen molar-refractivity contribution < 1.29 is 0 Å². The molecule has 0 aliphatic heterocycles. The summed E-state index contributed by atoms with van der Waals surface area (Å²) >= 11 is 13.6. The molecular formula is C34H29N3P2S2. The van der Waals surface area contributed by atoms with E-state index in [1.807, 2.05) is 24.3 Å². The summed E-state index contributed by atoms with van der Waals surface area (Å²) in [5.41, 5.74) is 4.92. The van der Waals surface area contributed by atoms with Gasteiger partial charge in [-0.3, -0.25) is 4.57 Å². The summed E-state index contributed by atoms with van der Waals surface area (Å²) < 4.78 is 2.20. The number of aromatic nitrogens is 3. The summed E-state index contributed by atoms with van der Waals surface area (Å²) in [5, 5.41) is 14.3. The highest BCUT2D eigenvalue weighted by Crippen LogP contribution is 2.46. The minimum atomic E-state index is -2.64. The maximum atomic E-state index is 6.78. The molecule has 7 heteroatoms. The molecule has 0 saturated heterocycles. The third-order valence-electron chi connectivity index (χ3n) is 7.42. The summed E-state index contributed by atoms with van der Waals surface area (Å²) in [6, 6.07) is 42.7. The highest BCUT2D eigenvalue weighted by atomic mass is 32.4. The van der Waals surface area contributed by atoms with Crippen LogP contribution in [0.3, 0.4) is 0 Å². The molecule has 0 aliphatic rings. The van der Waals surface area contributed by atoms with Crippen molar-refractivity contribution in [3.05, 3.63) is 151 Å². The molecule has 1 aromatic heterocycles.